The molecule has 2 N–H and O–H groups in total. The van der Waals surface area contributed by atoms with E-state index in [0.29, 0.717) is 6.61 Å². The third-order valence-corrected chi connectivity index (χ3v) is 4.23. The molecule has 3 aromatic rings. The highest BCUT2D eigenvalue weighted by atomic mass is 16.5. The van der Waals surface area contributed by atoms with E-state index in [1.165, 1.54) is 5.56 Å². The van der Waals surface area contributed by atoms with Gasteiger partial charge >= 0.3 is 0 Å². The molecule has 0 atom stereocenters. The zero-order valence-electron chi connectivity index (χ0n) is 15.7. The molecule has 0 saturated carbocycles. The Hall–Kier alpha value is -2.98. The first-order chi connectivity index (χ1) is 13.3. The Balaban J connectivity index is 1.42. The lowest BCUT2D eigenvalue weighted by molar-refractivity contribution is 0.307. The van der Waals surface area contributed by atoms with Gasteiger partial charge in [-0.1, -0.05) is 54.6 Å². The summed E-state index contributed by atoms with van der Waals surface area (Å²) in [4.78, 5) is 0. The van der Waals surface area contributed by atoms with Gasteiger partial charge in [-0.25, -0.2) is 0 Å². The molecule has 0 aromatic heterocycles. The summed E-state index contributed by atoms with van der Waals surface area (Å²) in [6, 6.07) is 26.4. The number of rotatable bonds is 10. The van der Waals surface area contributed by atoms with Crippen LogP contribution in [-0.2, 0) is 13.2 Å². The summed E-state index contributed by atoms with van der Waals surface area (Å²) in [6.07, 6.45) is 0. The average Bonchev–Trinajstić information content (AvgIpc) is 2.74. The van der Waals surface area contributed by atoms with Crippen molar-refractivity contribution in [3.05, 3.63) is 90.0 Å². The van der Waals surface area contributed by atoms with Crippen LogP contribution in [0.3, 0.4) is 0 Å². The van der Waals surface area contributed by atoms with Crippen LogP contribution >= 0.6 is 0 Å². The Bertz CT molecular complexity index is 804. The van der Waals surface area contributed by atoms with Crippen LogP contribution in [0.5, 0.6) is 11.5 Å². The summed E-state index contributed by atoms with van der Waals surface area (Å²) in [5.41, 5.74) is 3.41. The van der Waals surface area contributed by atoms with E-state index in [-0.39, 0.29) is 0 Å². The first kappa shape index (κ1) is 18.8. The highest BCUT2D eigenvalue weighted by molar-refractivity contribution is 5.56. The van der Waals surface area contributed by atoms with Crippen molar-refractivity contribution in [2.75, 3.05) is 25.5 Å². The summed E-state index contributed by atoms with van der Waals surface area (Å²) in [5.74, 6) is 1.75. The monoisotopic (exact) mass is 362 g/mol. The lowest BCUT2D eigenvalue weighted by atomic mass is 10.2. The second-order valence-electron chi connectivity index (χ2n) is 6.22. The van der Waals surface area contributed by atoms with Gasteiger partial charge in [-0.2, -0.15) is 0 Å². The first-order valence-electron chi connectivity index (χ1n) is 9.18. The zero-order valence-corrected chi connectivity index (χ0v) is 15.7. The predicted octanol–water partition coefficient (Wildman–Crippen LogP) is 4.48. The minimum Gasteiger partial charge on any atom is -0.497 e. The molecule has 0 spiro atoms. The standard InChI is InChI=1S/C23H26N2O2/c1-26-21-13-11-19(12-14-21)17-24-15-16-25-22-9-5-6-10-23(22)27-18-20-7-3-2-4-8-20/h2-14,24-25H,15-18H2,1H3. The van der Waals surface area contributed by atoms with Crippen molar-refractivity contribution < 1.29 is 9.47 Å². The Kier molecular flexibility index (Phi) is 7.13. The molecular formula is C23H26N2O2. The summed E-state index contributed by atoms with van der Waals surface area (Å²) >= 11 is 0. The van der Waals surface area contributed by atoms with Crippen molar-refractivity contribution in [2.24, 2.45) is 0 Å². The van der Waals surface area contributed by atoms with Gasteiger partial charge < -0.3 is 20.1 Å². The fraction of sp³-hybridized carbons (Fsp3) is 0.217. The van der Waals surface area contributed by atoms with E-state index in [2.05, 4.69) is 34.9 Å². The molecule has 3 aromatic carbocycles. The second kappa shape index (κ2) is 10.2. The Labute approximate surface area is 161 Å². The molecule has 0 radical (unpaired) electrons. The number of benzene rings is 3. The van der Waals surface area contributed by atoms with Crippen molar-refractivity contribution in [3.8, 4) is 11.5 Å². The molecule has 0 aliphatic rings. The predicted molar refractivity (Wildman–Crippen MR) is 110 cm³/mol. The van der Waals surface area contributed by atoms with Gasteiger partial charge in [0.2, 0.25) is 0 Å². The third kappa shape index (κ3) is 6.04. The molecule has 27 heavy (non-hydrogen) atoms. The van der Waals surface area contributed by atoms with Crippen LogP contribution in [0.15, 0.2) is 78.9 Å². The minimum atomic E-state index is 0.565. The lowest BCUT2D eigenvalue weighted by Crippen LogP contribution is -2.22. The van der Waals surface area contributed by atoms with Gasteiger partial charge in [-0.3, -0.25) is 0 Å². The van der Waals surface area contributed by atoms with Gasteiger partial charge in [-0.05, 0) is 35.4 Å². The molecule has 0 aliphatic carbocycles. The SMILES string of the molecule is COc1ccc(CNCCNc2ccccc2OCc2ccccc2)cc1. The van der Waals surface area contributed by atoms with Crippen LogP contribution in [0.25, 0.3) is 0 Å². The molecule has 0 amide bonds. The number of hydrogen-bond acceptors (Lipinski definition) is 4. The minimum absolute atomic E-state index is 0.565. The highest BCUT2D eigenvalue weighted by Gasteiger charge is 2.03. The maximum Gasteiger partial charge on any atom is 0.142 e. The quantitative estimate of drug-likeness (QED) is 0.522. The van der Waals surface area contributed by atoms with E-state index < -0.39 is 0 Å². The third-order valence-electron chi connectivity index (χ3n) is 4.23. The fourth-order valence-corrected chi connectivity index (χ4v) is 2.74. The molecule has 4 heteroatoms. The number of hydrogen-bond donors (Lipinski definition) is 2. The topological polar surface area (TPSA) is 42.5 Å². The number of methoxy groups -OCH3 is 1. The van der Waals surface area contributed by atoms with E-state index in [9.17, 15) is 0 Å². The van der Waals surface area contributed by atoms with Gasteiger partial charge in [0, 0.05) is 19.6 Å². The van der Waals surface area contributed by atoms with Gasteiger partial charge in [0.25, 0.3) is 0 Å². The summed E-state index contributed by atoms with van der Waals surface area (Å²) in [5, 5.41) is 6.89. The van der Waals surface area contributed by atoms with Gasteiger partial charge in [-0.15, -0.1) is 0 Å². The van der Waals surface area contributed by atoms with Crippen LogP contribution in [-0.4, -0.2) is 20.2 Å². The van der Waals surface area contributed by atoms with Crippen LogP contribution in [0.2, 0.25) is 0 Å². The van der Waals surface area contributed by atoms with Gasteiger partial charge in [0.1, 0.15) is 18.1 Å². The van der Waals surface area contributed by atoms with E-state index in [4.69, 9.17) is 9.47 Å². The van der Waals surface area contributed by atoms with Gasteiger partial charge in [0.05, 0.1) is 12.8 Å². The van der Waals surface area contributed by atoms with E-state index in [0.717, 1.165) is 42.4 Å². The fourth-order valence-electron chi connectivity index (χ4n) is 2.74. The first-order valence-corrected chi connectivity index (χ1v) is 9.18. The number of anilines is 1. The molecule has 0 unspecified atom stereocenters. The highest BCUT2D eigenvalue weighted by Crippen LogP contribution is 2.24. The summed E-state index contributed by atoms with van der Waals surface area (Å²) < 4.78 is 11.2. The maximum absolute atomic E-state index is 5.98. The van der Waals surface area contributed by atoms with Crippen molar-refractivity contribution in [2.45, 2.75) is 13.2 Å². The number of para-hydroxylation sites is 2. The average molecular weight is 362 g/mol. The molecule has 140 valence electrons. The van der Waals surface area contributed by atoms with Crippen LogP contribution in [0.1, 0.15) is 11.1 Å². The van der Waals surface area contributed by atoms with E-state index in [1.54, 1.807) is 7.11 Å². The summed E-state index contributed by atoms with van der Waals surface area (Å²) in [7, 11) is 1.68. The maximum atomic E-state index is 5.98. The normalized spacial score (nSPS) is 10.4. The van der Waals surface area contributed by atoms with E-state index >= 15 is 0 Å². The lowest BCUT2D eigenvalue weighted by Gasteiger charge is -2.14. The molecule has 0 saturated heterocycles. The smallest absolute Gasteiger partial charge is 0.142 e. The van der Waals surface area contributed by atoms with Crippen molar-refractivity contribution >= 4 is 5.69 Å². The largest absolute Gasteiger partial charge is 0.497 e. The zero-order chi connectivity index (χ0) is 18.7. The van der Waals surface area contributed by atoms with Crippen molar-refractivity contribution in [3.63, 3.8) is 0 Å². The van der Waals surface area contributed by atoms with Gasteiger partial charge in [0.15, 0.2) is 0 Å². The van der Waals surface area contributed by atoms with Crippen LogP contribution < -0.4 is 20.1 Å². The molecule has 3 rings (SSSR count). The van der Waals surface area contributed by atoms with Crippen LogP contribution in [0.4, 0.5) is 5.69 Å². The molecule has 4 nitrogen and oxygen atoms in total. The number of nitrogens with one attached hydrogen (secondary N) is 2. The number of ether oxygens (including phenoxy) is 2. The molecular weight excluding hydrogens is 336 g/mol. The van der Waals surface area contributed by atoms with Crippen LogP contribution in [0, 0.1) is 0 Å². The molecule has 0 aliphatic heterocycles. The Morgan fingerprint density at radius 3 is 2.26 bits per heavy atom. The molecule has 0 bridgehead atoms. The Morgan fingerprint density at radius 1 is 0.741 bits per heavy atom. The summed E-state index contributed by atoms with van der Waals surface area (Å²) in [6.45, 7) is 3.08. The Morgan fingerprint density at radius 2 is 1.48 bits per heavy atom. The van der Waals surface area contributed by atoms with Crippen molar-refractivity contribution in [1.82, 2.24) is 5.32 Å². The van der Waals surface area contributed by atoms with E-state index in [1.807, 2.05) is 54.6 Å². The second-order valence-corrected chi connectivity index (χ2v) is 6.22. The molecule has 0 fully saturated rings. The van der Waals surface area contributed by atoms with Crippen molar-refractivity contribution in [1.29, 1.82) is 0 Å². The molecule has 0 heterocycles.